The number of fused-ring (bicyclic) bond motifs is 1. The standard InChI is InChI=1S/C23H21ClN2O4S/c1-16-14-17-4-2-3-5-22(17)26(16)23(27)15-30-20-10-12-21(13-11-20)31(28,29)25-19-8-6-18(24)7-9-19/h2-13,16,25H,14-15H2,1H3/t16-/m1/s1. The fraction of sp³-hybridized carbons (Fsp3) is 0.174. The van der Waals surface area contributed by atoms with Crippen LogP contribution in [0.5, 0.6) is 5.75 Å². The Labute approximate surface area is 186 Å². The SMILES string of the molecule is C[C@@H]1Cc2ccccc2N1C(=O)COc1ccc(S(=O)(=O)Nc2ccc(Cl)cc2)cc1. The summed E-state index contributed by atoms with van der Waals surface area (Å²) in [5.74, 6) is 0.275. The zero-order valence-corrected chi connectivity index (χ0v) is 18.4. The van der Waals surface area contributed by atoms with Gasteiger partial charge in [-0.3, -0.25) is 9.52 Å². The second-order valence-electron chi connectivity index (χ2n) is 7.32. The molecule has 0 bridgehead atoms. The predicted molar refractivity (Wildman–Crippen MR) is 121 cm³/mol. The lowest BCUT2D eigenvalue weighted by atomic mass is 10.1. The number of hydrogen-bond donors (Lipinski definition) is 1. The van der Waals surface area contributed by atoms with Crippen molar-refractivity contribution in [2.24, 2.45) is 0 Å². The third kappa shape index (κ3) is 4.68. The van der Waals surface area contributed by atoms with Crippen molar-refractivity contribution in [3.8, 4) is 5.75 Å². The Morgan fingerprint density at radius 2 is 1.74 bits per heavy atom. The number of carbonyl (C=O) groups is 1. The Bertz CT molecular complexity index is 1200. The molecule has 0 radical (unpaired) electrons. The van der Waals surface area contributed by atoms with Gasteiger partial charge in [-0.2, -0.15) is 0 Å². The zero-order chi connectivity index (χ0) is 22.0. The highest BCUT2D eigenvalue weighted by Gasteiger charge is 2.30. The molecular formula is C23H21ClN2O4S. The summed E-state index contributed by atoms with van der Waals surface area (Å²) >= 11 is 5.83. The summed E-state index contributed by atoms with van der Waals surface area (Å²) in [7, 11) is -3.75. The van der Waals surface area contributed by atoms with Gasteiger partial charge in [0, 0.05) is 22.4 Å². The quantitative estimate of drug-likeness (QED) is 0.592. The molecule has 1 aliphatic rings. The van der Waals surface area contributed by atoms with Crippen LogP contribution in [-0.4, -0.2) is 27.0 Å². The average Bonchev–Trinajstić information content (AvgIpc) is 3.09. The van der Waals surface area contributed by atoms with E-state index < -0.39 is 10.0 Å². The number of nitrogens with one attached hydrogen (secondary N) is 1. The zero-order valence-electron chi connectivity index (χ0n) is 16.8. The Hall–Kier alpha value is -3.03. The molecule has 1 atom stereocenters. The van der Waals surface area contributed by atoms with E-state index in [1.165, 1.54) is 24.3 Å². The van der Waals surface area contributed by atoms with Gasteiger partial charge in [0.2, 0.25) is 0 Å². The van der Waals surface area contributed by atoms with Crippen LogP contribution in [-0.2, 0) is 21.2 Å². The molecule has 1 aliphatic heterocycles. The molecule has 6 nitrogen and oxygen atoms in total. The summed E-state index contributed by atoms with van der Waals surface area (Å²) in [6.07, 6.45) is 0.815. The maximum Gasteiger partial charge on any atom is 0.265 e. The molecule has 1 N–H and O–H groups in total. The molecule has 4 rings (SSSR count). The molecule has 0 saturated heterocycles. The fourth-order valence-corrected chi connectivity index (χ4v) is 4.79. The molecule has 8 heteroatoms. The van der Waals surface area contributed by atoms with E-state index in [-0.39, 0.29) is 23.5 Å². The first-order chi connectivity index (χ1) is 14.8. The van der Waals surface area contributed by atoms with Crippen LogP contribution in [0.2, 0.25) is 5.02 Å². The van der Waals surface area contributed by atoms with E-state index in [9.17, 15) is 13.2 Å². The number of amides is 1. The summed E-state index contributed by atoms with van der Waals surface area (Å²) in [5, 5.41) is 0.519. The van der Waals surface area contributed by atoms with Crippen LogP contribution >= 0.6 is 11.6 Å². The molecule has 0 spiro atoms. The number of benzene rings is 3. The number of carbonyl (C=O) groups excluding carboxylic acids is 1. The Kier molecular flexibility index (Phi) is 5.89. The molecule has 160 valence electrons. The van der Waals surface area contributed by atoms with Crippen molar-refractivity contribution in [1.29, 1.82) is 0 Å². The second kappa shape index (κ2) is 8.61. The van der Waals surface area contributed by atoms with Crippen molar-refractivity contribution in [2.45, 2.75) is 24.3 Å². The van der Waals surface area contributed by atoms with Crippen LogP contribution in [0.3, 0.4) is 0 Å². The number of ether oxygens (including phenoxy) is 1. The second-order valence-corrected chi connectivity index (χ2v) is 9.44. The van der Waals surface area contributed by atoms with Gasteiger partial charge in [-0.25, -0.2) is 8.42 Å². The number of anilines is 2. The number of sulfonamides is 1. The third-order valence-electron chi connectivity index (χ3n) is 5.07. The van der Waals surface area contributed by atoms with Gasteiger partial charge in [-0.1, -0.05) is 29.8 Å². The number of para-hydroxylation sites is 1. The van der Waals surface area contributed by atoms with E-state index in [0.29, 0.717) is 16.5 Å². The average molecular weight is 457 g/mol. The van der Waals surface area contributed by atoms with Gasteiger partial charge in [0.15, 0.2) is 6.61 Å². The highest BCUT2D eigenvalue weighted by molar-refractivity contribution is 7.92. The Morgan fingerprint density at radius 1 is 1.06 bits per heavy atom. The normalized spacial score (nSPS) is 15.4. The van der Waals surface area contributed by atoms with Crippen molar-refractivity contribution in [3.63, 3.8) is 0 Å². The van der Waals surface area contributed by atoms with E-state index in [1.807, 2.05) is 31.2 Å². The molecule has 1 amide bonds. The summed E-state index contributed by atoms with van der Waals surface area (Å²) in [4.78, 5) is 14.6. The van der Waals surface area contributed by atoms with Crippen molar-refractivity contribution >= 4 is 38.9 Å². The fourth-order valence-electron chi connectivity index (χ4n) is 3.61. The number of hydrogen-bond acceptors (Lipinski definition) is 4. The van der Waals surface area contributed by atoms with E-state index >= 15 is 0 Å². The third-order valence-corrected chi connectivity index (χ3v) is 6.72. The number of rotatable bonds is 6. The summed E-state index contributed by atoms with van der Waals surface area (Å²) < 4.78 is 33.2. The molecule has 0 fully saturated rings. The van der Waals surface area contributed by atoms with Crippen molar-refractivity contribution < 1.29 is 17.9 Å². The first-order valence-electron chi connectivity index (χ1n) is 9.75. The topological polar surface area (TPSA) is 75.7 Å². The minimum atomic E-state index is -3.75. The molecule has 0 aliphatic carbocycles. The molecule has 3 aromatic carbocycles. The van der Waals surface area contributed by atoms with Crippen LogP contribution in [0.1, 0.15) is 12.5 Å². The minimum Gasteiger partial charge on any atom is -0.484 e. The van der Waals surface area contributed by atoms with Gasteiger partial charge in [-0.05, 0) is 73.5 Å². The summed E-state index contributed by atoms with van der Waals surface area (Å²) in [6.45, 7) is 1.87. The van der Waals surface area contributed by atoms with Gasteiger partial charge in [0.25, 0.3) is 15.9 Å². The Balaban J connectivity index is 1.40. The number of nitrogens with zero attached hydrogens (tertiary/aromatic N) is 1. The molecule has 1 heterocycles. The highest BCUT2D eigenvalue weighted by atomic mass is 35.5. The van der Waals surface area contributed by atoms with Crippen molar-refractivity contribution in [2.75, 3.05) is 16.2 Å². The van der Waals surface area contributed by atoms with Crippen LogP contribution in [0, 0.1) is 0 Å². The van der Waals surface area contributed by atoms with E-state index in [1.54, 1.807) is 29.2 Å². The molecule has 3 aromatic rings. The molecule has 0 unspecified atom stereocenters. The highest BCUT2D eigenvalue weighted by Crippen LogP contribution is 2.32. The maximum atomic E-state index is 12.7. The maximum absolute atomic E-state index is 12.7. The molecule has 31 heavy (non-hydrogen) atoms. The van der Waals surface area contributed by atoms with Crippen LogP contribution in [0.4, 0.5) is 11.4 Å². The molecular weight excluding hydrogens is 436 g/mol. The summed E-state index contributed by atoms with van der Waals surface area (Å²) in [5.41, 5.74) is 2.47. The van der Waals surface area contributed by atoms with Gasteiger partial charge in [0.05, 0.1) is 4.90 Å². The van der Waals surface area contributed by atoms with Crippen LogP contribution in [0.15, 0.2) is 77.7 Å². The van der Waals surface area contributed by atoms with E-state index in [2.05, 4.69) is 4.72 Å². The summed E-state index contributed by atoms with van der Waals surface area (Å²) in [6, 6.07) is 20.2. The lowest BCUT2D eigenvalue weighted by Gasteiger charge is -2.22. The smallest absolute Gasteiger partial charge is 0.265 e. The monoisotopic (exact) mass is 456 g/mol. The first-order valence-corrected chi connectivity index (χ1v) is 11.6. The van der Waals surface area contributed by atoms with Gasteiger partial charge < -0.3 is 9.64 Å². The van der Waals surface area contributed by atoms with Gasteiger partial charge in [-0.15, -0.1) is 0 Å². The number of halogens is 1. The lowest BCUT2D eigenvalue weighted by molar-refractivity contribution is -0.120. The van der Waals surface area contributed by atoms with Gasteiger partial charge in [0.1, 0.15) is 5.75 Å². The van der Waals surface area contributed by atoms with Crippen molar-refractivity contribution in [3.05, 3.63) is 83.4 Å². The minimum absolute atomic E-state index is 0.0694. The predicted octanol–water partition coefficient (Wildman–Crippen LogP) is 4.50. The first kappa shape index (κ1) is 21.2. The van der Waals surface area contributed by atoms with Crippen LogP contribution < -0.4 is 14.4 Å². The molecule has 0 aromatic heterocycles. The van der Waals surface area contributed by atoms with E-state index in [0.717, 1.165) is 17.7 Å². The van der Waals surface area contributed by atoms with E-state index in [4.69, 9.17) is 16.3 Å². The largest absolute Gasteiger partial charge is 0.484 e. The van der Waals surface area contributed by atoms with Crippen molar-refractivity contribution in [1.82, 2.24) is 0 Å². The van der Waals surface area contributed by atoms with Gasteiger partial charge >= 0.3 is 0 Å². The molecule has 0 saturated carbocycles. The van der Waals surface area contributed by atoms with Crippen LogP contribution in [0.25, 0.3) is 0 Å². The lowest BCUT2D eigenvalue weighted by Crippen LogP contribution is -2.39. The Morgan fingerprint density at radius 3 is 2.45 bits per heavy atom.